The summed E-state index contributed by atoms with van der Waals surface area (Å²) in [5, 5.41) is 9.98. The molecule has 1 aliphatic rings. The van der Waals surface area contributed by atoms with Crippen LogP contribution in [-0.4, -0.2) is 52.0 Å². The number of hydrogen-bond acceptors (Lipinski definition) is 4. The summed E-state index contributed by atoms with van der Waals surface area (Å²) in [6.07, 6.45) is 3.40. The van der Waals surface area contributed by atoms with E-state index in [0.29, 0.717) is 23.7 Å². The Morgan fingerprint density at radius 2 is 1.83 bits per heavy atom. The molecule has 0 spiro atoms. The molecule has 3 rings (SSSR count). The van der Waals surface area contributed by atoms with Gasteiger partial charge in [0.25, 0.3) is 5.91 Å². The molecule has 0 bridgehead atoms. The highest BCUT2D eigenvalue weighted by atomic mass is 35.5. The average molecular weight is 332 g/mol. The first kappa shape index (κ1) is 15.8. The quantitative estimate of drug-likeness (QED) is 0.938. The van der Waals surface area contributed by atoms with Crippen molar-refractivity contribution in [1.82, 2.24) is 14.8 Å². The van der Waals surface area contributed by atoms with Gasteiger partial charge in [0.2, 0.25) is 0 Å². The van der Waals surface area contributed by atoms with Gasteiger partial charge in [-0.3, -0.25) is 14.7 Å². The summed E-state index contributed by atoms with van der Waals surface area (Å²) in [4.78, 5) is 20.5. The number of halogens is 1. The standard InChI is InChI=1S/C17H18ClN3O2/c18-16-11-19-6-5-14(16)12-20-7-9-21(10-8-20)17(23)13-1-3-15(22)4-2-13/h1-6,11,22H,7-10,12H2. The molecule has 2 aromatic rings. The van der Waals surface area contributed by atoms with E-state index >= 15 is 0 Å². The number of carbonyl (C=O) groups excluding carboxylic acids is 1. The summed E-state index contributed by atoms with van der Waals surface area (Å²) in [5.41, 5.74) is 1.66. The van der Waals surface area contributed by atoms with Gasteiger partial charge in [0.15, 0.2) is 0 Å². The van der Waals surface area contributed by atoms with Gasteiger partial charge in [0.05, 0.1) is 5.02 Å². The first-order chi connectivity index (χ1) is 11.1. The molecule has 1 N–H and O–H groups in total. The number of phenols is 1. The van der Waals surface area contributed by atoms with Crippen LogP contribution in [0, 0.1) is 0 Å². The smallest absolute Gasteiger partial charge is 0.253 e. The third kappa shape index (κ3) is 3.81. The Balaban J connectivity index is 1.57. The van der Waals surface area contributed by atoms with E-state index in [0.717, 1.165) is 25.2 Å². The van der Waals surface area contributed by atoms with E-state index in [9.17, 15) is 9.90 Å². The molecule has 1 amide bonds. The molecule has 120 valence electrons. The summed E-state index contributed by atoms with van der Waals surface area (Å²) in [6, 6.07) is 8.31. The Bertz CT molecular complexity index is 682. The molecule has 23 heavy (non-hydrogen) atoms. The number of nitrogens with zero attached hydrogens (tertiary/aromatic N) is 3. The molecular weight excluding hydrogens is 314 g/mol. The number of aromatic hydroxyl groups is 1. The van der Waals surface area contributed by atoms with Crippen LogP contribution in [0.3, 0.4) is 0 Å². The molecule has 2 heterocycles. The SMILES string of the molecule is O=C(c1ccc(O)cc1)N1CCN(Cc2ccncc2Cl)CC1. The molecule has 1 aromatic carbocycles. The first-order valence-corrected chi connectivity index (χ1v) is 7.90. The van der Waals surface area contributed by atoms with Crippen molar-refractivity contribution < 1.29 is 9.90 Å². The van der Waals surface area contributed by atoms with Gasteiger partial charge < -0.3 is 10.0 Å². The van der Waals surface area contributed by atoms with E-state index in [4.69, 9.17) is 11.6 Å². The molecule has 0 aliphatic carbocycles. The number of piperazine rings is 1. The van der Waals surface area contributed by atoms with Crippen LogP contribution in [-0.2, 0) is 6.54 Å². The van der Waals surface area contributed by atoms with E-state index in [1.165, 1.54) is 12.1 Å². The fraction of sp³-hybridized carbons (Fsp3) is 0.294. The number of benzene rings is 1. The third-order valence-electron chi connectivity index (χ3n) is 4.02. The summed E-state index contributed by atoms with van der Waals surface area (Å²) >= 11 is 6.14. The fourth-order valence-corrected chi connectivity index (χ4v) is 2.85. The number of amides is 1. The number of hydrogen-bond donors (Lipinski definition) is 1. The summed E-state index contributed by atoms with van der Waals surface area (Å²) in [5.74, 6) is 0.173. The lowest BCUT2D eigenvalue weighted by molar-refractivity contribution is 0.0628. The van der Waals surface area contributed by atoms with Gasteiger partial charge in [0.1, 0.15) is 5.75 Å². The minimum Gasteiger partial charge on any atom is -0.508 e. The normalized spacial score (nSPS) is 15.6. The van der Waals surface area contributed by atoms with Gasteiger partial charge in [-0.2, -0.15) is 0 Å². The second-order valence-corrected chi connectivity index (χ2v) is 5.99. The van der Waals surface area contributed by atoms with Crippen LogP contribution in [0.5, 0.6) is 5.75 Å². The highest BCUT2D eigenvalue weighted by Gasteiger charge is 2.22. The molecule has 1 aliphatic heterocycles. The zero-order chi connectivity index (χ0) is 16.2. The maximum Gasteiger partial charge on any atom is 0.253 e. The third-order valence-corrected chi connectivity index (χ3v) is 4.36. The molecule has 0 saturated carbocycles. The van der Waals surface area contributed by atoms with Crippen LogP contribution in [0.2, 0.25) is 5.02 Å². The van der Waals surface area contributed by atoms with Crippen molar-refractivity contribution in [3.63, 3.8) is 0 Å². The highest BCUT2D eigenvalue weighted by molar-refractivity contribution is 6.31. The molecule has 1 saturated heterocycles. The van der Waals surface area contributed by atoms with Crippen LogP contribution in [0.1, 0.15) is 15.9 Å². The fourth-order valence-electron chi connectivity index (χ4n) is 2.67. The predicted octanol–water partition coefficient (Wildman–Crippen LogP) is 2.40. The number of phenolic OH excluding ortho intramolecular Hbond substituents is 1. The maximum atomic E-state index is 12.4. The van der Waals surface area contributed by atoms with Crippen molar-refractivity contribution in [2.75, 3.05) is 26.2 Å². The van der Waals surface area contributed by atoms with Gasteiger partial charge >= 0.3 is 0 Å². The Morgan fingerprint density at radius 3 is 2.48 bits per heavy atom. The monoisotopic (exact) mass is 331 g/mol. The minimum atomic E-state index is 0.00611. The Kier molecular flexibility index (Phi) is 4.79. The lowest BCUT2D eigenvalue weighted by Gasteiger charge is -2.35. The lowest BCUT2D eigenvalue weighted by atomic mass is 10.1. The topological polar surface area (TPSA) is 56.7 Å². The molecule has 1 aromatic heterocycles. The Morgan fingerprint density at radius 1 is 1.13 bits per heavy atom. The molecule has 0 atom stereocenters. The molecular formula is C17H18ClN3O2. The van der Waals surface area contributed by atoms with Crippen LogP contribution < -0.4 is 0 Å². The number of aromatic nitrogens is 1. The number of pyridine rings is 1. The van der Waals surface area contributed by atoms with Crippen LogP contribution in [0.15, 0.2) is 42.7 Å². The van der Waals surface area contributed by atoms with Crippen LogP contribution in [0.4, 0.5) is 0 Å². The van der Waals surface area contributed by atoms with Crippen LogP contribution in [0.25, 0.3) is 0 Å². The number of carbonyl (C=O) groups is 1. The van der Waals surface area contributed by atoms with Crippen molar-refractivity contribution in [3.05, 3.63) is 58.9 Å². The second-order valence-electron chi connectivity index (χ2n) is 5.58. The first-order valence-electron chi connectivity index (χ1n) is 7.52. The maximum absolute atomic E-state index is 12.4. The predicted molar refractivity (Wildman–Crippen MR) is 88.5 cm³/mol. The Labute approximate surface area is 140 Å². The summed E-state index contributed by atoms with van der Waals surface area (Å²) < 4.78 is 0. The minimum absolute atomic E-state index is 0.00611. The van der Waals surface area contributed by atoms with Gasteiger partial charge in [-0.15, -0.1) is 0 Å². The van der Waals surface area contributed by atoms with Gasteiger partial charge in [-0.25, -0.2) is 0 Å². The largest absolute Gasteiger partial charge is 0.508 e. The molecule has 0 unspecified atom stereocenters. The van der Waals surface area contributed by atoms with E-state index in [1.807, 2.05) is 11.0 Å². The Hall–Kier alpha value is -2.11. The molecule has 6 heteroatoms. The zero-order valence-corrected chi connectivity index (χ0v) is 13.4. The van der Waals surface area contributed by atoms with Crippen molar-refractivity contribution in [2.45, 2.75) is 6.54 Å². The van der Waals surface area contributed by atoms with Gasteiger partial charge in [-0.05, 0) is 35.9 Å². The van der Waals surface area contributed by atoms with E-state index < -0.39 is 0 Å². The van der Waals surface area contributed by atoms with Crippen molar-refractivity contribution in [1.29, 1.82) is 0 Å². The van der Waals surface area contributed by atoms with Crippen molar-refractivity contribution >= 4 is 17.5 Å². The van der Waals surface area contributed by atoms with Gasteiger partial charge in [-0.1, -0.05) is 11.6 Å². The van der Waals surface area contributed by atoms with Crippen molar-refractivity contribution in [3.8, 4) is 5.75 Å². The van der Waals surface area contributed by atoms with E-state index in [-0.39, 0.29) is 11.7 Å². The molecule has 0 radical (unpaired) electrons. The van der Waals surface area contributed by atoms with E-state index in [1.54, 1.807) is 24.5 Å². The summed E-state index contributed by atoms with van der Waals surface area (Å²) in [6.45, 7) is 3.75. The number of rotatable bonds is 3. The van der Waals surface area contributed by atoms with Crippen molar-refractivity contribution in [2.24, 2.45) is 0 Å². The zero-order valence-electron chi connectivity index (χ0n) is 12.7. The van der Waals surface area contributed by atoms with Gasteiger partial charge in [0, 0.05) is 50.7 Å². The lowest BCUT2D eigenvalue weighted by Crippen LogP contribution is -2.48. The average Bonchev–Trinajstić information content (AvgIpc) is 2.58. The van der Waals surface area contributed by atoms with Crippen LogP contribution >= 0.6 is 11.6 Å². The summed E-state index contributed by atoms with van der Waals surface area (Å²) in [7, 11) is 0. The molecule has 1 fully saturated rings. The highest BCUT2D eigenvalue weighted by Crippen LogP contribution is 2.18. The van der Waals surface area contributed by atoms with E-state index in [2.05, 4.69) is 9.88 Å². The second kappa shape index (κ2) is 6.98. The molecule has 5 nitrogen and oxygen atoms in total.